The molecule has 4 aromatic rings. The fourth-order valence-corrected chi connectivity index (χ4v) is 4.28. The van der Waals surface area contributed by atoms with Crippen LogP contribution >= 0.6 is 11.8 Å². The highest BCUT2D eigenvalue weighted by molar-refractivity contribution is 7.98. The Kier molecular flexibility index (Phi) is 5.05. The molecule has 0 fully saturated rings. The Morgan fingerprint density at radius 1 is 1.07 bits per heavy atom. The van der Waals surface area contributed by atoms with Gasteiger partial charge in [0.2, 0.25) is 0 Å². The third-order valence-corrected chi connectivity index (χ3v) is 5.73. The van der Waals surface area contributed by atoms with Gasteiger partial charge in [0.25, 0.3) is 5.56 Å². The molecule has 0 aliphatic carbocycles. The second-order valence-electron chi connectivity index (χ2n) is 7.01. The van der Waals surface area contributed by atoms with Gasteiger partial charge >= 0.3 is 0 Å². The van der Waals surface area contributed by atoms with Crippen molar-refractivity contribution in [1.29, 1.82) is 0 Å². The Morgan fingerprint density at radius 3 is 2.57 bits per heavy atom. The van der Waals surface area contributed by atoms with Crippen molar-refractivity contribution in [2.45, 2.75) is 30.7 Å². The first kappa shape index (κ1) is 18.5. The van der Waals surface area contributed by atoms with Gasteiger partial charge in [0, 0.05) is 19.4 Å². The van der Waals surface area contributed by atoms with E-state index in [1.807, 2.05) is 60.3 Å². The molecule has 0 saturated heterocycles. The Bertz CT molecular complexity index is 1190. The average molecular weight is 391 g/mol. The molecular formula is C22H22N4OS. The third kappa shape index (κ3) is 3.36. The number of para-hydroxylation sites is 2. The van der Waals surface area contributed by atoms with Gasteiger partial charge in [0.1, 0.15) is 5.82 Å². The first-order chi connectivity index (χ1) is 13.6. The van der Waals surface area contributed by atoms with Gasteiger partial charge in [0.15, 0.2) is 5.16 Å². The van der Waals surface area contributed by atoms with Crippen molar-refractivity contribution in [3.05, 3.63) is 82.7 Å². The quantitative estimate of drug-likeness (QED) is 0.371. The molecule has 2 aromatic heterocycles. The van der Waals surface area contributed by atoms with E-state index < -0.39 is 0 Å². The van der Waals surface area contributed by atoms with Crippen molar-refractivity contribution in [3.8, 4) is 5.69 Å². The summed E-state index contributed by atoms with van der Waals surface area (Å²) in [5, 5.41) is 1.31. The molecule has 0 N–H and O–H groups in total. The van der Waals surface area contributed by atoms with Crippen LogP contribution < -0.4 is 5.56 Å². The average Bonchev–Trinajstić information content (AvgIpc) is 3.11. The molecule has 0 saturated carbocycles. The maximum atomic E-state index is 13.4. The number of hydrogen-bond donors (Lipinski definition) is 0. The second-order valence-corrected chi connectivity index (χ2v) is 7.95. The van der Waals surface area contributed by atoms with E-state index in [-0.39, 0.29) is 5.56 Å². The van der Waals surface area contributed by atoms with Crippen molar-refractivity contribution in [2.75, 3.05) is 0 Å². The zero-order chi connectivity index (χ0) is 19.7. The van der Waals surface area contributed by atoms with Crippen LogP contribution in [0.5, 0.6) is 0 Å². The molecule has 0 atom stereocenters. The molecule has 0 aliphatic heterocycles. The van der Waals surface area contributed by atoms with Gasteiger partial charge in [-0.1, -0.05) is 55.9 Å². The molecule has 0 unspecified atom stereocenters. The lowest BCUT2D eigenvalue weighted by molar-refractivity contribution is 0.778. The zero-order valence-corrected chi connectivity index (χ0v) is 17.0. The van der Waals surface area contributed by atoms with Gasteiger partial charge in [-0.25, -0.2) is 9.97 Å². The first-order valence-corrected chi connectivity index (χ1v) is 10.2. The Labute approximate surface area is 168 Å². The number of aromatic nitrogens is 4. The van der Waals surface area contributed by atoms with Crippen LogP contribution in [0.15, 0.2) is 70.9 Å². The van der Waals surface area contributed by atoms with Crippen LogP contribution in [-0.4, -0.2) is 19.1 Å². The van der Waals surface area contributed by atoms with Crippen LogP contribution in [0.3, 0.4) is 0 Å². The summed E-state index contributed by atoms with van der Waals surface area (Å²) in [4.78, 5) is 22.7. The van der Waals surface area contributed by atoms with Gasteiger partial charge in [-0.3, -0.25) is 9.36 Å². The van der Waals surface area contributed by atoms with Gasteiger partial charge < -0.3 is 4.57 Å². The summed E-state index contributed by atoms with van der Waals surface area (Å²) in [7, 11) is 1.97. The minimum atomic E-state index is -0.0407. The summed E-state index contributed by atoms with van der Waals surface area (Å²) < 4.78 is 3.74. The van der Waals surface area contributed by atoms with Crippen molar-refractivity contribution >= 4 is 22.7 Å². The van der Waals surface area contributed by atoms with Gasteiger partial charge in [0.05, 0.1) is 22.3 Å². The molecule has 5 nitrogen and oxygen atoms in total. The standard InChI is InChI=1S/C22H22N4OS/c1-15(2)16-8-5-7-11-19(16)26-21(27)17-9-4-6-10-18(17)24-22(26)28-14-20-23-12-13-25(20)3/h4-13,15H,14H2,1-3H3. The van der Waals surface area contributed by atoms with Gasteiger partial charge in [-0.15, -0.1) is 0 Å². The minimum absolute atomic E-state index is 0.0407. The van der Waals surface area contributed by atoms with Crippen LogP contribution in [-0.2, 0) is 12.8 Å². The molecule has 0 spiro atoms. The smallest absolute Gasteiger partial charge is 0.266 e. The fourth-order valence-electron chi connectivity index (χ4n) is 3.27. The summed E-state index contributed by atoms with van der Waals surface area (Å²) >= 11 is 1.53. The van der Waals surface area contributed by atoms with Crippen LogP contribution in [0.1, 0.15) is 31.2 Å². The van der Waals surface area contributed by atoms with E-state index in [0.29, 0.717) is 27.7 Å². The molecule has 0 radical (unpaired) electrons. The van der Waals surface area contributed by atoms with Crippen LogP contribution in [0, 0.1) is 0 Å². The Morgan fingerprint density at radius 2 is 1.82 bits per heavy atom. The van der Waals surface area contributed by atoms with Crippen LogP contribution in [0.25, 0.3) is 16.6 Å². The number of rotatable bonds is 5. The predicted molar refractivity (Wildman–Crippen MR) is 114 cm³/mol. The zero-order valence-electron chi connectivity index (χ0n) is 16.2. The minimum Gasteiger partial charge on any atom is -0.337 e. The molecule has 0 amide bonds. The SMILES string of the molecule is CC(C)c1ccccc1-n1c(SCc2nccn2C)nc2ccccc2c1=O. The monoisotopic (exact) mass is 390 g/mol. The van der Waals surface area contributed by atoms with Crippen molar-refractivity contribution < 1.29 is 0 Å². The van der Waals surface area contributed by atoms with E-state index in [1.54, 1.807) is 10.8 Å². The van der Waals surface area contributed by atoms with Crippen molar-refractivity contribution in [2.24, 2.45) is 7.05 Å². The lowest BCUT2D eigenvalue weighted by atomic mass is 10.0. The molecule has 2 aromatic carbocycles. The number of nitrogens with zero attached hydrogens (tertiary/aromatic N) is 4. The number of imidazole rings is 1. The molecule has 0 bridgehead atoms. The summed E-state index contributed by atoms with van der Waals surface area (Å²) in [5.74, 6) is 1.87. The molecule has 4 rings (SSSR count). The van der Waals surface area contributed by atoms with E-state index in [9.17, 15) is 4.79 Å². The predicted octanol–water partition coefficient (Wildman–Crippen LogP) is 4.53. The van der Waals surface area contributed by atoms with E-state index in [4.69, 9.17) is 4.98 Å². The Balaban J connectivity index is 1.92. The normalized spacial score (nSPS) is 11.4. The van der Waals surface area contributed by atoms with E-state index in [2.05, 4.69) is 24.9 Å². The lowest BCUT2D eigenvalue weighted by Crippen LogP contribution is -2.23. The molecule has 0 aliphatic rings. The third-order valence-electron chi connectivity index (χ3n) is 4.80. The summed E-state index contributed by atoms with van der Waals surface area (Å²) in [6, 6.07) is 15.6. The maximum absolute atomic E-state index is 13.4. The fraction of sp³-hybridized carbons (Fsp3) is 0.227. The summed E-state index contributed by atoms with van der Waals surface area (Å²) in [6.45, 7) is 4.28. The number of aryl methyl sites for hydroxylation is 1. The highest BCUT2D eigenvalue weighted by atomic mass is 32.2. The van der Waals surface area contributed by atoms with Gasteiger partial charge in [-0.2, -0.15) is 0 Å². The summed E-state index contributed by atoms with van der Waals surface area (Å²) in [6.07, 6.45) is 3.70. The number of fused-ring (bicyclic) bond motifs is 1. The largest absolute Gasteiger partial charge is 0.337 e. The second kappa shape index (κ2) is 7.64. The number of benzene rings is 2. The molecule has 2 heterocycles. The summed E-state index contributed by atoms with van der Waals surface area (Å²) in [5.41, 5.74) is 2.69. The van der Waals surface area contributed by atoms with E-state index in [1.165, 1.54) is 11.8 Å². The molecular weight excluding hydrogens is 368 g/mol. The highest BCUT2D eigenvalue weighted by Gasteiger charge is 2.17. The lowest BCUT2D eigenvalue weighted by Gasteiger charge is -2.18. The highest BCUT2D eigenvalue weighted by Crippen LogP contribution is 2.28. The van der Waals surface area contributed by atoms with E-state index >= 15 is 0 Å². The van der Waals surface area contributed by atoms with E-state index in [0.717, 1.165) is 17.1 Å². The van der Waals surface area contributed by atoms with Crippen molar-refractivity contribution in [1.82, 2.24) is 19.1 Å². The molecule has 28 heavy (non-hydrogen) atoms. The Hall–Kier alpha value is -2.86. The van der Waals surface area contributed by atoms with Crippen LogP contribution in [0.2, 0.25) is 0 Å². The van der Waals surface area contributed by atoms with Crippen LogP contribution in [0.4, 0.5) is 0 Å². The molecule has 6 heteroatoms. The first-order valence-electron chi connectivity index (χ1n) is 9.26. The van der Waals surface area contributed by atoms with Crippen molar-refractivity contribution in [3.63, 3.8) is 0 Å². The topological polar surface area (TPSA) is 52.7 Å². The number of thioether (sulfide) groups is 1. The number of hydrogen-bond acceptors (Lipinski definition) is 4. The molecule has 142 valence electrons. The maximum Gasteiger partial charge on any atom is 0.266 e. The van der Waals surface area contributed by atoms with Gasteiger partial charge in [-0.05, 0) is 29.7 Å².